The first-order chi connectivity index (χ1) is 13.0. The summed E-state index contributed by atoms with van der Waals surface area (Å²) in [6.45, 7) is 5.68. The van der Waals surface area contributed by atoms with Gasteiger partial charge in [-0.05, 0) is 35.9 Å². The lowest BCUT2D eigenvalue weighted by molar-refractivity contribution is -0.118. The smallest absolute Gasteiger partial charge is 0.252 e. The molecule has 2 N–H and O–H groups in total. The predicted octanol–water partition coefficient (Wildman–Crippen LogP) is 4.57. The number of carbonyl (C=O) groups excluding carboxylic acids is 2. The van der Waals surface area contributed by atoms with Gasteiger partial charge in [-0.25, -0.2) is 4.98 Å². The number of thiazole rings is 1. The van der Waals surface area contributed by atoms with E-state index in [1.807, 2.05) is 61.9 Å². The third kappa shape index (κ3) is 4.61. The summed E-state index contributed by atoms with van der Waals surface area (Å²) in [5.41, 5.74) is 2.29. The van der Waals surface area contributed by atoms with Gasteiger partial charge in [0.25, 0.3) is 5.91 Å². The highest BCUT2D eigenvalue weighted by Gasteiger charge is 2.26. The molecule has 2 aromatic heterocycles. The van der Waals surface area contributed by atoms with Crippen LogP contribution in [0.25, 0.3) is 10.6 Å². The molecule has 2 heterocycles. The number of nitrogens with one attached hydrogen (secondary N) is 2. The van der Waals surface area contributed by atoms with E-state index in [0.717, 1.165) is 16.1 Å². The van der Waals surface area contributed by atoms with Gasteiger partial charge in [-0.2, -0.15) is 0 Å². The molecule has 0 spiro atoms. The molecule has 140 valence electrons. The molecular weight excluding hydrogens is 378 g/mol. The van der Waals surface area contributed by atoms with Crippen molar-refractivity contribution in [2.45, 2.75) is 26.8 Å². The van der Waals surface area contributed by atoms with Crippen LogP contribution in [0.4, 0.5) is 5.13 Å². The van der Waals surface area contributed by atoms with Gasteiger partial charge in [-0.3, -0.25) is 9.59 Å². The first-order valence-electron chi connectivity index (χ1n) is 8.62. The minimum absolute atomic E-state index is 0.0605. The molecule has 0 bridgehead atoms. The van der Waals surface area contributed by atoms with Crippen molar-refractivity contribution in [3.8, 4) is 10.6 Å². The first kappa shape index (κ1) is 19.3. The van der Waals surface area contributed by atoms with Gasteiger partial charge in [0.2, 0.25) is 5.91 Å². The van der Waals surface area contributed by atoms with E-state index in [4.69, 9.17) is 0 Å². The van der Waals surface area contributed by atoms with Crippen LogP contribution in [0, 0.1) is 12.8 Å². The summed E-state index contributed by atoms with van der Waals surface area (Å²) in [6, 6.07) is 10.6. The van der Waals surface area contributed by atoms with E-state index in [1.54, 1.807) is 17.4 Å². The number of benzene rings is 1. The molecule has 0 radical (unpaired) electrons. The fourth-order valence-electron chi connectivity index (χ4n) is 2.63. The monoisotopic (exact) mass is 399 g/mol. The zero-order valence-electron chi connectivity index (χ0n) is 15.4. The second kappa shape index (κ2) is 8.45. The van der Waals surface area contributed by atoms with E-state index in [1.165, 1.54) is 11.3 Å². The van der Waals surface area contributed by atoms with E-state index in [0.29, 0.717) is 10.7 Å². The number of nitrogens with zero attached hydrogens (tertiary/aromatic N) is 1. The van der Waals surface area contributed by atoms with E-state index in [-0.39, 0.29) is 17.7 Å². The summed E-state index contributed by atoms with van der Waals surface area (Å²) in [7, 11) is 0. The molecule has 3 rings (SSSR count). The Hall–Kier alpha value is -2.51. The lowest BCUT2D eigenvalue weighted by Crippen LogP contribution is -2.47. The Morgan fingerprint density at radius 2 is 1.85 bits per heavy atom. The number of aryl methyl sites for hydroxylation is 1. The van der Waals surface area contributed by atoms with Crippen molar-refractivity contribution >= 4 is 39.6 Å². The Labute approximate surface area is 166 Å². The third-order valence-electron chi connectivity index (χ3n) is 4.13. The molecule has 0 aliphatic carbocycles. The molecule has 0 fully saturated rings. The molecule has 0 aliphatic heterocycles. The van der Waals surface area contributed by atoms with E-state index >= 15 is 0 Å². The zero-order valence-corrected chi connectivity index (χ0v) is 17.0. The minimum atomic E-state index is -0.647. The fourth-order valence-corrected chi connectivity index (χ4v) is 4.11. The summed E-state index contributed by atoms with van der Waals surface area (Å²) >= 11 is 2.98. The molecule has 3 aromatic rings. The van der Waals surface area contributed by atoms with Crippen LogP contribution in [0.15, 0.2) is 47.2 Å². The number of hydrogen-bond donors (Lipinski definition) is 2. The molecule has 7 heteroatoms. The topological polar surface area (TPSA) is 71.1 Å². The molecule has 5 nitrogen and oxygen atoms in total. The number of hydrogen-bond acceptors (Lipinski definition) is 5. The SMILES string of the molecule is Cc1ccccc1C(=O)NC(C(=O)Nc1nc(-c2cccs2)cs1)C(C)C. The van der Waals surface area contributed by atoms with Crippen LogP contribution in [-0.4, -0.2) is 22.8 Å². The highest BCUT2D eigenvalue weighted by molar-refractivity contribution is 7.16. The number of thiophene rings is 1. The van der Waals surface area contributed by atoms with Crippen LogP contribution >= 0.6 is 22.7 Å². The van der Waals surface area contributed by atoms with Gasteiger partial charge in [0.15, 0.2) is 5.13 Å². The number of carbonyl (C=O) groups is 2. The number of anilines is 1. The maximum Gasteiger partial charge on any atom is 0.252 e. The summed E-state index contributed by atoms with van der Waals surface area (Å²) in [5, 5.41) is 10.1. The van der Waals surface area contributed by atoms with Crippen molar-refractivity contribution in [1.82, 2.24) is 10.3 Å². The van der Waals surface area contributed by atoms with Crippen molar-refractivity contribution < 1.29 is 9.59 Å². The number of aromatic nitrogens is 1. The van der Waals surface area contributed by atoms with Crippen LogP contribution in [-0.2, 0) is 4.79 Å². The van der Waals surface area contributed by atoms with E-state index < -0.39 is 6.04 Å². The second-order valence-electron chi connectivity index (χ2n) is 6.51. The van der Waals surface area contributed by atoms with Gasteiger partial charge in [-0.15, -0.1) is 22.7 Å². The van der Waals surface area contributed by atoms with Crippen molar-refractivity contribution in [3.63, 3.8) is 0 Å². The van der Waals surface area contributed by atoms with Crippen LogP contribution in [0.3, 0.4) is 0 Å². The Morgan fingerprint density at radius 3 is 2.52 bits per heavy atom. The molecule has 0 saturated carbocycles. The largest absolute Gasteiger partial charge is 0.340 e. The standard InChI is InChI=1S/C20H21N3O2S2/c1-12(2)17(22-18(24)14-8-5-4-7-13(14)3)19(25)23-20-21-15(11-27-20)16-9-6-10-26-16/h4-12,17H,1-3H3,(H,22,24)(H,21,23,25). The molecule has 2 amide bonds. The third-order valence-corrected chi connectivity index (χ3v) is 5.78. The quantitative estimate of drug-likeness (QED) is 0.638. The average Bonchev–Trinajstić information content (AvgIpc) is 3.30. The second-order valence-corrected chi connectivity index (χ2v) is 8.32. The summed E-state index contributed by atoms with van der Waals surface area (Å²) < 4.78 is 0. The maximum absolute atomic E-state index is 12.7. The summed E-state index contributed by atoms with van der Waals surface area (Å²) in [5.74, 6) is -0.575. The Morgan fingerprint density at radius 1 is 1.07 bits per heavy atom. The normalized spacial score (nSPS) is 12.0. The predicted molar refractivity (Wildman–Crippen MR) is 111 cm³/mol. The van der Waals surface area contributed by atoms with Crippen LogP contribution in [0.2, 0.25) is 0 Å². The van der Waals surface area contributed by atoms with Crippen LogP contribution < -0.4 is 10.6 Å². The molecule has 1 atom stereocenters. The van der Waals surface area contributed by atoms with Crippen molar-refractivity contribution in [2.75, 3.05) is 5.32 Å². The van der Waals surface area contributed by atoms with Gasteiger partial charge in [0, 0.05) is 10.9 Å². The van der Waals surface area contributed by atoms with E-state index in [9.17, 15) is 9.59 Å². The van der Waals surface area contributed by atoms with Crippen LogP contribution in [0.1, 0.15) is 29.8 Å². The number of amides is 2. The Bertz CT molecular complexity index is 932. The lowest BCUT2D eigenvalue weighted by Gasteiger charge is -2.21. The Kier molecular flexibility index (Phi) is 6.03. The maximum atomic E-state index is 12.7. The zero-order chi connectivity index (χ0) is 19.4. The molecule has 0 saturated heterocycles. The van der Waals surface area contributed by atoms with Crippen molar-refractivity contribution in [1.29, 1.82) is 0 Å². The molecule has 0 aliphatic rings. The fraction of sp³-hybridized carbons (Fsp3) is 0.250. The van der Waals surface area contributed by atoms with Gasteiger partial charge in [0.05, 0.1) is 10.6 Å². The van der Waals surface area contributed by atoms with Gasteiger partial charge in [-0.1, -0.05) is 38.1 Å². The van der Waals surface area contributed by atoms with Crippen LogP contribution in [0.5, 0.6) is 0 Å². The highest BCUT2D eigenvalue weighted by atomic mass is 32.1. The minimum Gasteiger partial charge on any atom is -0.340 e. The van der Waals surface area contributed by atoms with Crippen molar-refractivity contribution in [3.05, 3.63) is 58.3 Å². The molecule has 27 heavy (non-hydrogen) atoms. The van der Waals surface area contributed by atoms with Gasteiger partial charge >= 0.3 is 0 Å². The molecule has 1 aromatic carbocycles. The summed E-state index contributed by atoms with van der Waals surface area (Å²) in [4.78, 5) is 30.9. The lowest BCUT2D eigenvalue weighted by atomic mass is 10.0. The van der Waals surface area contributed by atoms with E-state index in [2.05, 4.69) is 15.6 Å². The average molecular weight is 400 g/mol. The van der Waals surface area contributed by atoms with Crippen molar-refractivity contribution in [2.24, 2.45) is 5.92 Å². The van der Waals surface area contributed by atoms with Gasteiger partial charge < -0.3 is 10.6 Å². The number of rotatable bonds is 6. The molecule has 1 unspecified atom stereocenters. The Balaban J connectivity index is 1.70. The molecular formula is C20H21N3O2S2. The highest BCUT2D eigenvalue weighted by Crippen LogP contribution is 2.28. The summed E-state index contributed by atoms with van der Waals surface area (Å²) in [6.07, 6.45) is 0. The first-order valence-corrected chi connectivity index (χ1v) is 10.4. The van der Waals surface area contributed by atoms with Gasteiger partial charge in [0.1, 0.15) is 6.04 Å².